The Balaban J connectivity index is 2.28. The fourth-order valence-corrected chi connectivity index (χ4v) is 1.64. The van der Waals surface area contributed by atoms with Crippen molar-refractivity contribution in [3.63, 3.8) is 0 Å². The molecule has 0 atom stereocenters. The number of nitrogens with zero attached hydrogens (tertiary/aromatic N) is 2. The summed E-state index contributed by atoms with van der Waals surface area (Å²) >= 11 is 0. The number of pyridine rings is 1. The summed E-state index contributed by atoms with van der Waals surface area (Å²) in [5.74, 6) is 0.524. The molecular formula is C14H10F3N3O. The summed E-state index contributed by atoms with van der Waals surface area (Å²) in [7, 11) is 1.48. The van der Waals surface area contributed by atoms with E-state index in [1.807, 2.05) is 6.07 Å². The van der Waals surface area contributed by atoms with Crippen LogP contribution in [0.5, 0.6) is 5.75 Å². The van der Waals surface area contributed by atoms with Crippen LogP contribution in [0.2, 0.25) is 0 Å². The van der Waals surface area contributed by atoms with E-state index in [1.165, 1.54) is 13.2 Å². The summed E-state index contributed by atoms with van der Waals surface area (Å²) in [5, 5.41) is 11.9. The highest BCUT2D eigenvalue weighted by atomic mass is 19.4. The van der Waals surface area contributed by atoms with Gasteiger partial charge in [0.1, 0.15) is 17.5 Å². The molecule has 0 bridgehead atoms. The average Bonchev–Trinajstić information content (AvgIpc) is 2.46. The number of halogens is 3. The number of anilines is 2. The van der Waals surface area contributed by atoms with Crippen LogP contribution in [-0.4, -0.2) is 12.1 Å². The van der Waals surface area contributed by atoms with E-state index in [4.69, 9.17) is 10.00 Å². The van der Waals surface area contributed by atoms with Gasteiger partial charge in [-0.3, -0.25) is 0 Å². The van der Waals surface area contributed by atoms with Gasteiger partial charge in [-0.15, -0.1) is 0 Å². The van der Waals surface area contributed by atoms with Crippen molar-refractivity contribution >= 4 is 11.4 Å². The molecule has 0 spiro atoms. The normalized spacial score (nSPS) is 10.8. The van der Waals surface area contributed by atoms with Crippen LogP contribution < -0.4 is 10.1 Å². The Morgan fingerprint density at radius 2 is 2.00 bits per heavy atom. The van der Waals surface area contributed by atoms with Crippen molar-refractivity contribution in [2.75, 3.05) is 12.4 Å². The third kappa shape index (κ3) is 3.42. The lowest BCUT2D eigenvalue weighted by molar-refractivity contribution is -0.141. The molecule has 0 aliphatic heterocycles. The van der Waals surface area contributed by atoms with Gasteiger partial charge in [0.25, 0.3) is 0 Å². The first-order valence-corrected chi connectivity index (χ1v) is 5.82. The molecular weight excluding hydrogens is 283 g/mol. The lowest BCUT2D eigenvalue weighted by Crippen LogP contribution is -2.07. The van der Waals surface area contributed by atoms with E-state index in [1.54, 1.807) is 18.2 Å². The van der Waals surface area contributed by atoms with E-state index in [0.717, 1.165) is 12.3 Å². The summed E-state index contributed by atoms with van der Waals surface area (Å²) in [6.07, 6.45) is -3.42. The minimum absolute atomic E-state index is 0.341. The fourth-order valence-electron chi connectivity index (χ4n) is 1.64. The molecule has 0 amide bonds. The number of rotatable bonds is 3. The molecule has 0 radical (unpaired) electrons. The Morgan fingerprint density at radius 1 is 1.24 bits per heavy atom. The van der Waals surface area contributed by atoms with Gasteiger partial charge in [0, 0.05) is 6.07 Å². The van der Waals surface area contributed by atoms with Crippen LogP contribution in [0.15, 0.2) is 36.5 Å². The first-order valence-electron chi connectivity index (χ1n) is 5.82. The van der Waals surface area contributed by atoms with Crippen LogP contribution in [0.3, 0.4) is 0 Å². The van der Waals surface area contributed by atoms with Gasteiger partial charge in [0.05, 0.1) is 30.2 Å². The van der Waals surface area contributed by atoms with E-state index >= 15 is 0 Å². The molecule has 0 unspecified atom stereocenters. The standard InChI is InChI=1S/C14H10F3N3O/c1-21-11-4-2-9(7-18)12(6-11)20-10-3-5-13(19-8-10)14(15,16)17/h2-6,8,20H,1H3. The molecule has 7 heteroatoms. The predicted octanol–water partition coefficient (Wildman–Crippen LogP) is 3.72. The summed E-state index contributed by atoms with van der Waals surface area (Å²) in [6.45, 7) is 0. The molecule has 0 aliphatic carbocycles. The van der Waals surface area contributed by atoms with Crippen LogP contribution in [0, 0.1) is 11.3 Å². The molecule has 108 valence electrons. The number of alkyl halides is 3. The van der Waals surface area contributed by atoms with Crippen LogP contribution in [0.25, 0.3) is 0 Å². The molecule has 1 aromatic heterocycles. The van der Waals surface area contributed by atoms with Crippen molar-refractivity contribution in [3.05, 3.63) is 47.8 Å². The zero-order valence-electron chi connectivity index (χ0n) is 10.9. The van der Waals surface area contributed by atoms with E-state index in [9.17, 15) is 13.2 Å². The van der Waals surface area contributed by atoms with Gasteiger partial charge < -0.3 is 10.1 Å². The zero-order chi connectivity index (χ0) is 15.5. The molecule has 2 rings (SSSR count). The van der Waals surface area contributed by atoms with Crippen molar-refractivity contribution in [2.45, 2.75) is 6.18 Å². The van der Waals surface area contributed by atoms with E-state index < -0.39 is 11.9 Å². The van der Waals surface area contributed by atoms with Gasteiger partial charge in [0.2, 0.25) is 0 Å². The van der Waals surface area contributed by atoms with Crippen LogP contribution in [0.4, 0.5) is 24.5 Å². The molecule has 0 aliphatic rings. The van der Waals surface area contributed by atoms with Crippen molar-refractivity contribution in [3.8, 4) is 11.8 Å². The minimum atomic E-state index is -4.48. The van der Waals surface area contributed by atoms with Crippen molar-refractivity contribution in [2.24, 2.45) is 0 Å². The Kier molecular flexibility index (Phi) is 3.98. The lowest BCUT2D eigenvalue weighted by atomic mass is 10.2. The van der Waals surface area contributed by atoms with Crippen LogP contribution in [0.1, 0.15) is 11.3 Å². The first-order chi connectivity index (χ1) is 9.94. The summed E-state index contributed by atoms with van der Waals surface area (Å²) in [4.78, 5) is 3.34. The summed E-state index contributed by atoms with van der Waals surface area (Å²) in [5.41, 5.74) is 0.140. The lowest BCUT2D eigenvalue weighted by Gasteiger charge is -2.11. The van der Waals surface area contributed by atoms with Gasteiger partial charge in [-0.05, 0) is 24.3 Å². The molecule has 2 aromatic rings. The molecule has 0 saturated heterocycles. The third-order valence-corrected chi connectivity index (χ3v) is 2.68. The fraction of sp³-hybridized carbons (Fsp3) is 0.143. The quantitative estimate of drug-likeness (QED) is 0.937. The summed E-state index contributed by atoms with van der Waals surface area (Å²) < 4.78 is 42.3. The highest BCUT2D eigenvalue weighted by Gasteiger charge is 2.32. The molecule has 1 heterocycles. The van der Waals surface area contributed by atoms with Crippen molar-refractivity contribution in [1.82, 2.24) is 4.98 Å². The number of ether oxygens (including phenoxy) is 1. The number of aromatic nitrogens is 1. The highest BCUT2D eigenvalue weighted by molar-refractivity contribution is 5.67. The maximum atomic E-state index is 12.4. The molecule has 1 N–H and O–H groups in total. The Labute approximate surface area is 118 Å². The number of nitriles is 1. The van der Waals surface area contributed by atoms with Crippen molar-refractivity contribution in [1.29, 1.82) is 5.26 Å². The van der Waals surface area contributed by atoms with Gasteiger partial charge >= 0.3 is 6.18 Å². The van der Waals surface area contributed by atoms with Gasteiger partial charge in [-0.2, -0.15) is 18.4 Å². The van der Waals surface area contributed by atoms with Gasteiger partial charge in [-0.25, -0.2) is 4.98 Å². The first kappa shape index (κ1) is 14.7. The Hall–Kier alpha value is -2.75. The van der Waals surface area contributed by atoms with E-state index in [-0.39, 0.29) is 0 Å². The van der Waals surface area contributed by atoms with Crippen molar-refractivity contribution < 1.29 is 17.9 Å². The number of benzene rings is 1. The number of methoxy groups -OCH3 is 1. The van der Waals surface area contributed by atoms with E-state index in [2.05, 4.69) is 10.3 Å². The minimum Gasteiger partial charge on any atom is -0.497 e. The van der Waals surface area contributed by atoms with Gasteiger partial charge in [0.15, 0.2) is 0 Å². The second kappa shape index (κ2) is 5.71. The number of nitrogens with one attached hydrogen (secondary N) is 1. The molecule has 21 heavy (non-hydrogen) atoms. The molecule has 4 nitrogen and oxygen atoms in total. The monoisotopic (exact) mass is 293 g/mol. The van der Waals surface area contributed by atoms with Gasteiger partial charge in [-0.1, -0.05) is 0 Å². The SMILES string of the molecule is COc1ccc(C#N)c(Nc2ccc(C(F)(F)F)nc2)c1. The summed E-state index contributed by atoms with van der Waals surface area (Å²) in [6, 6.07) is 8.85. The third-order valence-electron chi connectivity index (χ3n) is 2.68. The van der Waals surface area contributed by atoms with E-state index in [0.29, 0.717) is 22.7 Å². The maximum Gasteiger partial charge on any atom is 0.433 e. The highest BCUT2D eigenvalue weighted by Crippen LogP contribution is 2.29. The molecule has 0 fully saturated rings. The Morgan fingerprint density at radius 3 is 2.52 bits per heavy atom. The average molecular weight is 293 g/mol. The second-order valence-corrected chi connectivity index (χ2v) is 4.08. The second-order valence-electron chi connectivity index (χ2n) is 4.08. The topological polar surface area (TPSA) is 57.9 Å². The molecule has 0 saturated carbocycles. The Bertz CT molecular complexity index is 675. The zero-order valence-corrected chi connectivity index (χ0v) is 10.9. The van der Waals surface area contributed by atoms with Crippen LogP contribution in [-0.2, 0) is 6.18 Å². The van der Waals surface area contributed by atoms with Crippen LogP contribution >= 0.6 is 0 Å². The smallest absolute Gasteiger partial charge is 0.433 e. The molecule has 1 aromatic carbocycles. The number of hydrogen-bond acceptors (Lipinski definition) is 4. The largest absolute Gasteiger partial charge is 0.497 e. The number of hydrogen-bond donors (Lipinski definition) is 1. The predicted molar refractivity (Wildman–Crippen MR) is 70.2 cm³/mol. The maximum absolute atomic E-state index is 12.4.